The first-order valence-corrected chi connectivity index (χ1v) is 10.1. The predicted octanol–water partition coefficient (Wildman–Crippen LogP) is 7.13. The Kier molecular flexibility index (Phi) is 17.0. The lowest BCUT2D eigenvalue weighted by Crippen LogP contribution is -2.00. The summed E-state index contributed by atoms with van der Waals surface area (Å²) in [5, 5.41) is 8.68. The summed E-state index contributed by atoms with van der Waals surface area (Å²) in [6.45, 7) is 4.52. The van der Waals surface area contributed by atoms with Crippen LogP contribution < -0.4 is 0 Å². The van der Waals surface area contributed by atoms with Gasteiger partial charge in [0.25, 0.3) is 0 Å². The Morgan fingerprint density at radius 2 is 1.43 bits per heavy atom. The van der Waals surface area contributed by atoms with Crippen LogP contribution >= 0.6 is 0 Å². The SMILES string of the molecule is CCCCCC/C=C\C[C@H](CCCCC)CCCCCC(=O)O. The third kappa shape index (κ3) is 17.4. The van der Waals surface area contributed by atoms with Crippen LogP contribution in [-0.4, -0.2) is 11.1 Å². The second-order valence-electron chi connectivity index (χ2n) is 6.91. The Balaban J connectivity index is 3.84. The second-order valence-corrected chi connectivity index (χ2v) is 6.91. The van der Waals surface area contributed by atoms with E-state index in [0.29, 0.717) is 6.42 Å². The summed E-state index contributed by atoms with van der Waals surface area (Å²) in [7, 11) is 0. The molecule has 0 aliphatic heterocycles. The Bertz CT molecular complexity index is 284. The predicted molar refractivity (Wildman–Crippen MR) is 101 cm³/mol. The molecule has 0 saturated heterocycles. The molecule has 0 fully saturated rings. The van der Waals surface area contributed by atoms with Crippen molar-refractivity contribution in [3.8, 4) is 0 Å². The topological polar surface area (TPSA) is 37.3 Å². The normalized spacial score (nSPS) is 12.8. The minimum atomic E-state index is -0.657. The molecule has 136 valence electrons. The van der Waals surface area contributed by atoms with Gasteiger partial charge in [-0.15, -0.1) is 0 Å². The maximum atomic E-state index is 10.5. The smallest absolute Gasteiger partial charge is 0.303 e. The zero-order valence-electron chi connectivity index (χ0n) is 15.7. The van der Waals surface area contributed by atoms with Gasteiger partial charge < -0.3 is 5.11 Å². The molecule has 0 spiro atoms. The van der Waals surface area contributed by atoms with E-state index in [1.165, 1.54) is 77.0 Å². The zero-order valence-corrected chi connectivity index (χ0v) is 15.7. The van der Waals surface area contributed by atoms with Crippen LogP contribution in [0, 0.1) is 5.92 Å². The van der Waals surface area contributed by atoms with Gasteiger partial charge in [0.2, 0.25) is 0 Å². The van der Waals surface area contributed by atoms with Crippen LogP contribution in [0.15, 0.2) is 12.2 Å². The van der Waals surface area contributed by atoms with Gasteiger partial charge in [-0.3, -0.25) is 4.79 Å². The van der Waals surface area contributed by atoms with E-state index in [9.17, 15) is 4.79 Å². The highest BCUT2D eigenvalue weighted by molar-refractivity contribution is 5.66. The standard InChI is InChI=1S/C21H40O2/c1-3-5-7-8-9-10-13-17-20(16-12-6-4-2)18-14-11-15-19-21(22)23/h10,13,20H,3-9,11-12,14-19H2,1-2H3,(H,22,23)/b13-10-/t20-/m0/s1. The van der Waals surface area contributed by atoms with Gasteiger partial charge in [-0.25, -0.2) is 0 Å². The monoisotopic (exact) mass is 324 g/mol. The first-order chi connectivity index (χ1) is 11.2. The molecule has 0 saturated carbocycles. The number of rotatable bonds is 17. The van der Waals surface area contributed by atoms with Crippen molar-refractivity contribution in [1.29, 1.82) is 0 Å². The molecule has 2 heteroatoms. The van der Waals surface area contributed by atoms with Gasteiger partial charge >= 0.3 is 5.97 Å². The Labute approximate surface area is 144 Å². The quantitative estimate of drug-likeness (QED) is 0.228. The highest BCUT2D eigenvalue weighted by Gasteiger charge is 2.07. The van der Waals surface area contributed by atoms with Crippen LogP contribution in [-0.2, 0) is 4.79 Å². The number of carbonyl (C=O) groups is 1. The largest absolute Gasteiger partial charge is 0.481 e. The van der Waals surface area contributed by atoms with Gasteiger partial charge in [0.1, 0.15) is 0 Å². The molecule has 0 rings (SSSR count). The van der Waals surface area contributed by atoms with Crippen LogP contribution in [0.2, 0.25) is 0 Å². The van der Waals surface area contributed by atoms with Crippen molar-refractivity contribution in [3.05, 3.63) is 12.2 Å². The van der Waals surface area contributed by atoms with Gasteiger partial charge in [0, 0.05) is 6.42 Å². The van der Waals surface area contributed by atoms with Gasteiger partial charge in [-0.1, -0.05) is 90.2 Å². The van der Waals surface area contributed by atoms with Crippen molar-refractivity contribution >= 4 is 5.97 Å². The van der Waals surface area contributed by atoms with E-state index in [1.807, 2.05) is 0 Å². The van der Waals surface area contributed by atoms with Gasteiger partial charge in [0.15, 0.2) is 0 Å². The molecule has 23 heavy (non-hydrogen) atoms. The number of unbranched alkanes of at least 4 members (excludes halogenated alkanes) is 8. The molecule has 0 aromatic heterocycles. The summed E-state index contributed by atoms with van der Waals surface area (Å²) >= 11 is 0. The van der Waals surface area contributed by atoms with E-state index in [1.54, 1.807) is 0 Å². The lowest BCUT2D eigenvalue weighted by Gasteiger charge is -2.14. The fraction of sp³-hybridized carbons (Fsp3) is 0.857. The fourth-order valence-electron chi connectivity index (χ4n) is 3.04. The number of carboxylic acid groups (broad SMARTS) is 1. The Hall–Kier alpha value is -0.790. The average Bonchev–Trinajstić information content (AvgIpc) is 2.53. The summed E-state index contributed by atoms with van der Waals surface area (Å²) in [5.74, 6) is 0.147. The molecule has 0 aliphatic carbocycles. The summed E-state index contributed by atoms with van der Waals surface area (Å²) in [4.78, 5) is 10.5. The maximum absolute atomic E-state index is 10.5. The van der Waals surface area contributed by atoms with Gasteiger partial charge in [0.05, 0.1) is 0 Å². The zero-order chi connectivity index (χ0) is 17.2. The third-order valence-corrected chi connectivity index (χ3v) is 4.58. The van der Waals surface area contributed by atoms with Crippen LogP contribution in [0.1, 0.15) is 110 Å². The Morgan fingerprint density at radius 3 is 2.09 bits per heavy atom. The highest BCUT2D eigenvalue weighted by atomic mass is 16.4. The van der Waals surface area contributed by atoms with Gasteiger partial charge in [-0.2, -0.15) is 0 Å². The average molecular weight is 325 g/mol. The van der Waals surface area contributed by atoms with E-state index in [2.05, 4.69) is 26.0 Å². The molecule has 1 atom stereocenters. The molecule has 0 amide bonds. The first-order valence-electron chi connectivity index (χ1n) is 10.1. The summed E-state index contributed by atoms with van der Waals surface area (Å²) in [6, 6.07) is 0. The number of hydrogen-bond donors (Lipinski definition) is 1. The van der Waals surface area contributed by atoms with Crippen LogP contribution in [0.3, 0.4) is 0 Å². The molecule has 2 nitrogen and oxygen atoms in total. The van der Waals surface area contributed by atoms with E-state index >= 15 is 0 Å². The van der Waals surface area contributed by atoms with Crippen molar-refractivity contribution in [2.45, 2.75) is 110 Å². The third-order valence-electron chi connectivity index (χ3n) is 4.58. The number of hydrogen-bond acceptors (Lipinski definition) is 1. The van der Waals surface area contributed by atoms with Crippen molar-refractivity contribution in [3.63, 3.8) is 0 Å². The lowest BCUT2D eigenvalue weighted by molar-refractivity contribution is -0.137. The molecule has 1 N–H and O–H groups in total. The minimum Gasteiger partial charge on any atom is -0.481 e. The van der Waals surface area contributed by atoms with Crippen molar-refractivity contribution in [2.24, 2.45) is 5.92 Å². The maximum Gasteiger partial charge on any atom is 0.303 e. The minimum absolute atomic E-state index is 0.332. The first kappa shape index (κ1) is 22.2. The van der Waals surface area contributed by atoms with Crippen LogP contribution in [0.25, 0.3) is 0 Å². The molecule has 0 bridgehead atoms. The summed E-state index contributed by atoms with van der Waals surface area (Å²) < 4.78 is 0. The summed E-state index contributed by atoms with van der Waals surface area (Å²) in [6.07, 6.45) is 22.6. The van der Waals surface area contributed by atoms with Crippen LogP contribution in [0.5, 0.6) is 0 Å². The fourth-order valence-corrected chi connectivity index (χ4v) is 3.04. The number of aliphatic carboxylic acids is 1. The Morgan fingerprint density at radius 1 is 0.826 bits per heavy atom. The second kappa shape index (κ2) is 17.6. The molecular formula is C21H40O2. The molecular weight excluding hydrogens is 284 g/mol. The number of carboxylic acids is 1. The van der Waals surface area contributed by atoms with E-state index in [0.717, 1.165) is 18.8 Å². The lowest BCUT2D eigenvalue weighted by atomic mass is 9.91. The van der Waals surface area contributed by atoms with Crippen molar-refractivity contribution < 1.29 is 9.90 Å². The van der Waals surface area contributed by atoms with Gasteiger partial charge in [-0.05, 0) is 31.6 Å². The van der Waals surface area contributed by atoms with Crippen molar-refractivity contribution in [1.82, 2.24) is 0 Å². The molecule has 0 unspecified atom stereocenters. The molecule has 0 aliphatic rings. The molecule has 0 aromatic carbocycles. The van der Waals surface area contributed by atoms with Crippen molar-refractivity contribution in [2.75, 3.05) is 0 Å². The molecule has 0 radical (unpaired) electrons. The van der Waals surface area contributed by atoms with E-state index in [4.69, 9.17) is 5.11 Å². The van der Waals surface area contributed by atoms with E-state index < -0.39 is 5.97 Å². The van der Waals surface area contributed by atoms with Crippen LogP contribution in [0.4, 0.5) is 0 Å². The molecule has 0 aromatic rings. The molecule has 0 heterocycles. The summed E-state index contributed by atoms with van der Waals surface area (Å²) in [5.41, 5.74) is 0. The highest BCUT2D eigenvalue weighted by Crippen LogP contribution is 2.22. The number of allylic oxidation sites excluding steroid dienone is 2. The van der Waals surface area contributed by atoms with E-state index in [-0.39, 0.29) is 0 Å².